The maximum absolute atomic E-state index is 12.3. The zero-order valence-corrected chi connectivity index (χ0v) is 15.7. The quantitative estimate of drug-likeness (QED) is 0.781. The van der Waals surface area contributed by atoms with Gasteiger partial charge in [0, 0.05) is 24.4 Å². The average Bonchev–Trinajstić information content (AvgIpc) is 2.68. The predicted molar refractivity (Wildman–Crippen MR) is 103 cm³/mol. The van der Waals surface area contributed by atoms with Crippen molar-refractivity contribution in [1.82, 2.24) is 20.5 Å². The number of carbonyl (C=O) groups excluding carboxylic acids is 1. The van der Waals surface area contributed by atoms with Gasteiger partial charge in [0.15, 0.2) is 5.82 Å². The zero-order valence-electron chi connectivity index (χ0n) is 15.7. The van der Waals surface area contributed by atoms with Crippen molar-refractivity contribution in [2.24, 2.45) is 0 Å². The van der Waals surface area contributed by atoms with E-state index in [4.69, 9.17) is 4.74 Å². The highest BCUT2D eigenvalue weighted by Crippen LogP contribution is 2.20. The smallest absolute Gasteiger partial charge is 0.273 e. The largest absolute Gasteiger partial charge is 0.494 e. The number of hydrogen-bond donors (Lipinski definition) is 2. The first-order valence-corrected chi connectivity index (χ1v) is 9.64. The lowest BCUT2D eigenvalue weighted by Gasteiger charge is -2.22. The fourth-order valence-corrected chi connectivity index (χ4v) is 3.33. The van der Waals surface area contributed by atoms with E-state index in [9.17, 15) is 9.59 Å². The molecule has 0 aliphatic heterocycles. The molecule has 0 unspecified atom stereocenters. The first kappa shape index (κ1) is 19.1. The van der Waals surface area contributed by atoms with Crippen molar-refractivity contribution < 1.29 is 9.53 Å². The summed E-state index contributed by atoms with van der Waals surface area (Å²) in [5.74, 6) is 1.06. The van der Waals surface area contributed by atoms with Gasteiger partial charge >= 0.3 is 0 Å². The van der Waals surface area contributed by atoms with Crippen molar-refractivity contribution in [2.45, 2.75) is 57.9 Å². The van der Waals surface area contributed by atoms with E-state index in [1.165, 1.54) is 19.3 Å². The highest BCUT2D eigenvalue weighted by molar-refractivity contribution is 5.76. The summed E-state index contributed by atoms with van der Waals surface area (Å²) >= 11 is 0. The summed E-state index contributed by atoms with van der Waals surface area (Å²) in [4.78, 5) is 27.2. The number of nitrogens with one attached hydrogen (secondary N) is 2. The predicted octanol–water partition coefficient (Wildman–Crippen LogP) is 2.61. The van der Waals surface area contributed by atoms with E-state index < -0.39 is 0 Å². The minimum absolute atomic E-state index is 0.0309. The Hall–Kier alpha value is -2.70. The Balaban J connectivity index is 1.60. The molecule has 1 fully saturated rings. The van der Waals surface area contributed by atoms with Crippen LogP contribution in [-0.4, -0.2) is 33.7 Å². The molecule has 1 amide bonds. The SMILES string of the molecule is CCOc1cccc(-c2nnc(CCC(=O)NC3CCCCC3)c(=O)[nH]2)c1. The second kappa shape index (κ2) is 9.30. The number of amides is 1. The van der Waals surface area contributed by atoms with Crippen molar-refractivity contribution in [2.75, 3.05) is 6.61 Å². The molecule has 0 bridgehead atoms. The molecule has 144 valence electrons. The summed E-state index contributed by atoms with van der Waals surface area (Å²) in [5, 5.41) is 11.2. The van der Waals surface area contributed by atoms with Crippen LogP contribution in [0.2, 0.25) is 0 Å². The second-order valence-corrected chi connectivity index (χ2v) is 6.81. The molecule has 2 aromatic rings. The molecule has 0 atom stereocenters. The summed E-state index contributed by atoms with van der Waals surface area (Å²) in [7, 11) is 0. The molecule has 7 heteroatoms. The van der Waals surface area contributed by atoms with Gasteiger partial charge in [-0.2, -0.15) is 0 Å². The van der Waals surface area contributed by atoms with Crippen molar-refractivity contribution >= 4 is 5.91 Å². The third-order valence-electron chi connectivity index (χ3n) is 4.74. The van der Waals surface area contributed by atoms with Crippen LogP contribution in [0.5, 0.6) is 5.75 Å². The Morgan fingerprint density at radius 3 is 2.81 bits per heavy atom. The van der Waals surface area contributed by atoms with E-state index >= 15 is 0 Å². The normalized spacial score (nSPS) is 14.7. The van der Waals surface area contributed by atoms with Gasteiger partial charge in [-0.1, -0.05) is 31.4 Å². The topological polar surface area (TPSA) is 97.0 Å². The van der Waals surface area contributed by atoms with Crippen molar-refractivity contribution in [3.63, 3.8) is 0 Å². The van der Waals surface area contributed by atoms with Gasteiger partial charge in [-0.25, -0.2) is 0 Å². The first-order chi connectivity index (χ1) is 13.2. The van der Waals surface area contributed by atoms with Gasteiger partial charge in [-0.15, -0.1) is 10.2 Å². The first-order valence-electron chi connectivity index (χ1n) is 9.64. The number of hydrogen-bond acceptors (Lipinski definition) is 5. The fourth-order valence-electron chi connectivity index (χ4n) is 3.33. The summed E-state index contributed by atoms with van der Waals surface area (Å²) in [6, 6.07) is 7.60. The minimum Gasteiger partial charge on any atom is -0.494 e. The Morgan fingerprint density at radius 2 is 2.07 bits per heavy atom. The van der Waals surface area contributed by atoms with Crippen LogP contribution in [0.15, 0.2) is 29.1 Å². The third kappa shape index (κ3) is 5.39. The lowest BCUT2D eigenvalue weighted by atomic mass is 9.95. The molecule has 2 N–H and O–H groups in total. The Bertz CT molecular complexity index is 828. The average molecular weight is 370 g/mol. The highest BCUT2D eigenvalue weighted by Gasteiger charge is 2.16. The molecule has 27 heavy (non-hydrogen) atoms. The van der Waals surface area contributed by atoms with Gasteiger partial charge in [0.2, 0.25) is 5.91 Å². The number of aromatic amines is 1. The van der Waals surface area contributed by atoms with Crippen molar-refractivity contribution in [1.29, 1.82) is 0 Å². The van der Waals surface area contributed by atoms with Crippen LogP contribution in [0.4, 0.5) is 0 Å². The molecule has 1 saturated carbocycles. The van der Waals surface area contributed by atoms with E-state index in [1.807, 2.05) is 25.1 Å². The molecule has 0 saturated heterocycles. The van der Waals surface area contributed by atoms with Crippen LogP contribution >= 0.6 is 0 Å². The van der Waals surface area contributed by atoms with E-state index in [-0.39, 0.29) is 36.0 Å². The second-order valence-electron chi connectivity index (χ2n) is 6.81. The Kier molecular flexibility index (Phi) is 6.57. The van der Waals surface area contributed by atoms with E-state index in [0.717, 1.165) is 18.4 Å². The van der Waals surface area contributed by atoms with E-state index in [0.29, 0.717) is 18.2 Å². The lowest BCUT2D eigenvalue weighted by molar-refractivity contribution is -0.122. The standard InChI is InChI=1S/C20H26N4O3/c1-2-27-16-10-6-7-14(13-16)19-22-20(26)17(23-24-19)11-12-18(25)21-15-8-4-3-5-9-15/h6-7,10,13,15H,2-5,8-9,11-12H2,1H3,(H,21,25)(H,22,24,26). The van der Waals surface area contributed by atoms with E-state index in [1.54, 1.807) is 6.07 Å². The summed E-state index contributed by atoms with van der Waals surface area (Å²) in [6.45, 7) is 2.47. The third-order valence-corrected chi connectivity index (χ3v) is 4.74. The summed E-state index contributed by atoms with van der Waals surface area (Å²) in [5.41, 5.74) is 0.693. The minimum atomic E-state index is -0.313. The molecular formula is C20H26N4O3. The monoisotopic (exact) mass is 370 g/mol. The summed E-state index contributed by atoms with van der Waals surface area (Å²) < 4.78 is 5.46. The summed E-state index contributed by atoms with van der Waals surface area (Å²) in [6.07, 6.45) is 6.19. The van der Waals surface area contributed by atoms with Gasteiger partial charge in [-0.05, 0) is 31.9 Å². The number of aryl methyl sites for hydroxylation is 1. The van der Waals surface area contributed by atoms with Crippen LogP contribution < -0.4 is 15.6 Å². The number of nitrogens with zero attached hydrogens (tertiary/aromatic N) is 2. The fraction of sp³-hybridized carbons (Fsp3) is 0.500. The van der Waals surface area contributed by atoms with Crippen LogP contribution in [0.3, 0.4) is 0 Å². The van der Waals surface area contributed by atoms with Gasteiger partial charge in [0.05, 0.1) is 6.61 Å². The number of rotatable bonds is 7. The molecule has 0 radical (unpaired) electrons. The molecule has 1 aromatic carbocycles. The lowest BCUT2D eigenvalue weighted by Crippen LogP contribution is -2.36. The van der Waals surface area contributed by atoms with E-state index in [2.05, 4.69) is 20.5 Å². The van der Waals surface area contributed by atoms with Gasteiger partial charge in [-0.3, -0.25) is 9.59 Å². The molecule has 1 aliphatic carbocycles. The van der Waals surface area contributed by atoms with Crippen LogP contribution in [0.25, 0.3) is 11.4 Å². The maximum atomic E-state index is 12.3. The Labute approximate surface area is 158 Å². The van der Waals surface area contributed by atoms with Crippen molar-refractivity contribution in [3.8, 4) is 17.1 Å². The molecule has 1 heterocycles. The number of benzene rings is 1. The Morgan fingerprint density at radius 1 is 1.26 bits per heavy atom. The van der Waals surface area contributed by atoms with Gasteiger partial charge in [0.1, 0.15) is 11.4 Å². The molecule has 0 spiro atoms. The van der Waals surface area contributed by atoms with Crippen molar-refractivity contribution in [3.05, 3.63) is 40.3 Å². The molecular weight excluding hydrogens is 344 g/mol. The highest BCUT2D eigenvalue weighted by atomic mass is 16.5. The molecule has 1 aromatic heterocycles. The number of aromatic nitrogens is 3. The van der Waals surface area contributed by atoms with Crippen LogP contribution in [-0.2, 0) is 11.2 Å². The number of carbonyl (C=O) groups is 1. The van der Waals surface area contributed by atoms with Crippen LogP contribution in [0, 0.1) is 0 Å². The van der Waals surface area contributed by atoms with Gasteiger partial charge in [0.25, 0.3) is 5.56 Å². The molecule has 3 rings (SSSR count). The van der Waals surface area contributed by atoms with Crippen LogP contribution in [0.1, 0.15) is 51.1 Å². The molecule has 1 aliphatic rings. The maximum Gasteiger partial charge on any atom is 0.273 e. The number of ether oxygens (including phenoxy) is 1. The molecule has 7 nitrogen and oxygen atoms in total. The van der Waals surface area contributed by atoms with Gasteiger partial charge < -0.3 is 15.0 Å². The number of H-pyrrole nitrogens is 1. The zero-order chi connectivity index (χ0) is 19.1.